The van der Waals surface area contributed by atoms with E-state index in [-0.39, 0.29) is 5.91 Å². The van der Waals surface area contributed by atoms with Crippen molar-refractivity contribution in [2.24, 2.45) is 5.73 Å². The van der Waals surface area contributed by atoms with E-state index < -0.39 is 6.04 Å². The molecule has 2 N–H and O–H groups in total. The number of hydrogen-bond acceptors (Lipinski definition) is 4. The summed E-state index contributed by atoms with van der Waals surface area (Å²) >= 11 is 6.21. The van der Waals surface area contributed by atoms with Crippen LogP contribution in [0.15, 0.2) is 48.7 Å². The number of primary amides is 1. The topological polar surface area (TPSA) is 62.5 Å². The Bertz CT molecular complexity index is 671. The van der Waals surface area contributed by atoms with Gasteiger partial charge in [-0.05, 0) is 17.7 Å². The number of aromatic nitrogens is 1. The molecular weight excluding hydrogens is 312 g/mol. The van der Waals surface area contributed by atoms with E-state index in [9.17, 15) is 4.79 Å². The maximum atomic E-state index is 11.9. The minimum absolute atomic E-state index is 0.319. The Morgan fingerprint density at radius 3 is 2.39 bits per heavy atom. The Balaban J connectivity index is 1.72. The molecule has 0 saturated carbocycles. The summed E-state index contributed by atoms with van der Waals surface area (Å²) in [5, 5.41) is 0.649. The highest BCUT2D eigenvalue weighted by Gasteiger charge is 2.29. The monoisotopic (exact) mass is 330 g/mol. The van der Waals surface area contributed by atoms with E-state index in [2.05, 4.69) is 14.8 Å². The number of benzene rings is 1. The molecule has 0 spiro atoms. The van der Waals surface area contributed by atoms with Gasteiger partial charge in [0.15, 0.2) is 0 Å². The molecule has 0 radical (unpaired) electrons. The third kappa shape index (κ3) is 3.46. The van der Waals surface area contributed by atoms with E-state index in [4.69, 9.17) is 17.3 Å². The van der Waals surface area contributed by atoms with Crippen LogP contribution in [0.3, 0.4) is 0 Å². The van der Waals surface area contributed by atoms with Crippen molar-refractivity contribution in [2.45, 2.75) is 6.04 Å². The summed E-state index contributed by atoms with van der Waals surface area (Å²) in [6, 6.07) is 12.9. The minimum atomic E-state index is -0.391. The number of hydrogen-bond donors (Lipinski definition) is 1. The number of pyridine rings is 1. The minimum Gasteiger partial charge on any atom is -0.368 e. The largest absolute Gasteiger partial charge is 0.368 e. The Morgan fingerprint density at radius 2 is 1.78 bits per heavy atom. The van der Waals surface area contributed by atoms with Crippen LogP contribution in [-0.4, -0.2) is 42.0 Å². The molecular formula is C17H19ClN4O. The molecule has 1 aliphatic heterocycles. The zero-order chi connectivity index (χ0) is 16.2. The Morgan fingerprint density at radius 1 is 1.09 bits per heavy atom. The van der Waals surface area contributed by atoms with Crippen molar-refractivity contribution in [3.63, 3.8) is 0 Å². The lowest BCUT2D eigenvalue weighted by Crippen LogP contribution is -2.50. The van der Waals surface area contributed by atoms with E-state index in [1.807, 2.05) is 42.5 Å². The molecule has 1 aliphatic rings. The number of anilines is 1. The van der Waals surface area contributed by atoms with Gasteiger partial charge in [-0.1, -0.05) is 41.9 Å². The van der Waals surface area contributed by atoms with Gasteiger partial charge in [-0.25, -0.2) is 4.98 Å². The normalized spacial score (nSPS) is 17.0. The van der Waals surface area contributed by atoms with Crippen LogP contribution in [0.2, 0.25) is 5.02 Å². The zero-order valence-electron chi connectivity index (χ0n) is 12.7. The zero-order valence-corrected chi connectivity index (χ0v) is 13.5. The predicted molar refractivity (Wildman–Crippen MR) is 91.4 cm³/mol. The van der Waals surface area contributed by atoms with Gasteiger partial charge in [0.2, 0.25) is 5.91 Å². The standard InChI is InChI=1S/C17H19ClN4O/c18-14-7-4-8-20-17(14)22-11-9-21(10-12-22)15(16(19)23)13-5-2-1-3-6-13/h1-8,15H,9-12H2,(H2,19,23). The number of halogens is 1. The van der Waals surface area contributed by atoms with Gasteiger partial charge < -0.3 is 10.6 Å². The SMILES string of the molecule is NC(=O)C(c1ccccc1)N1CCN(c2ncccc2Cl)CC1. The lowest BCUT2D eigenvalue weighted by atomic mass is 10.0. The Labute approximate surface area is 140 Å². The molecule has 0 bridgehead atoms. The van der Waals surface area contributed by atoms with Gasteiger partial charge in [0.1, 0.15) is 11.9 Å². The van der Waals surface area contributed by atoms with Crippen LogP contribution in [0.25, 0.3) is 0 Å². The Hall–Kier alpha value is -2.11. The fraction of sp³-hybridized carbons (Fsp3) is 0.294. The number of nitrogens with zero attached hydrogens (tertiary/aromatic N) is 3. The molecule has 1 unspecified atom stereocenters. The Kier molecular flexibility index (Phi) is 4.79. The van der Waals surface area contributed by atoms with Gasteiger partial charge in [0, 0.05) is 32.4 Å². The number of nitrogens with two attached hydrogens (primary N) is 1. The number of rotatable bonds is 4. The summed E-state index contributed by atoms with van der Waals surface area (Å²) in [6.45, 7) is 2.98. The molecule has 23 heavy (non-hydrogen) atoms. The lowest BCUT2D eigenvalue weighted by molar-refractivity contribution is -0.123. The van der Waals surface area contributed by atoms with Gasteiger partial charge >= 0.3 is 0 Å². The van der Waals surface area contributed by atoms with Gasteiger partial charge in [0.25, 0.3) is 0 Å². The number of carbonyl (C=O) groups excluding carboxylic acids is 1. The summed E-state index contributed by atoms with van der Waals surface area (Å²) in [7, 11) is 0. The van der Waals surface area contributed by atoms with E-state index in [1.54, 1.807) is 6.20 Å². The highest BCUT2D eigenvalue weighted by Crippen LogP contribution is 2.26. The van der Waals surface area contributed by atoms with Crippen molar-refractivity contribution >= 4 is 23.3 Å². The fourth-order valence-electron chi connectivity index (χ4n) is 2.99. The third-order valence-electron chi connectivity index (χ3n) is 4.10. The highest BCUT2D eigenvalue weighted by atomic mass is 35.5. The molecule has 1 aromatic heterocycles. The van der Waals surface area contributed by atoms with E-state index in [0.29, 0.717) is 5.02 Å². The molecule has 1 aromatic carbocycles. The average molecular weight is 331 g/mol. The summed E-state index contributed by atoms with van der Waals surface area (Å²) in [5.41, 5.74) is 6.58. The molecule has 3 rings (SSSR count). The molecule has 2 heterocycles. The summed E-state index contributed by atoms with van der Waals surface area (Å²) < 4.78 is 0. The molecule has 1 atom stereocenters. The van der Waals surface area contributed by atoms with Crippen LogP contribution in [0.1, 0.15) is 11.6 Å². The third-order valence-corrected chi connectivity index (χ3v) is 4.40. The van der Waals surface area contributed by atoms with E-state index in [1.165, 1.54) is 0 Å². The number of piperazine rings is 1. The van der Waals surface area contributed by atoms with Crippen LogP contribution in [0.5, 0.6) is 0 Å². The van der Waals surface area contributed by atoms with E-state index >= 15 is 0 Å². The fourth-order valence-corrected chi connectivity index (χ4v) is 3.23. The second-order valence-electron chi connectivity index (χ2n) is 5.55. The number of carbonyl (C=O) groups is 1. The van der Waals surface area contributed by atoms with Gasteiger partial charge in [0.05, 0.1) is 5.02 Å². The summed E-state index contributed by atoms with van der Waals surface area (Å²) in [4.78, 5) is 20.5. The van der Waals surface area contributed by atoms with Crippen molar-refractivity contribution in [1.29, 1.82) is 0 Å². The smallest absolute Gasteiger partial charge is 0.239 e. The first-order valence-corrected chi connectivity index (χ1v) is 7.98. The molecule has 0 aliphatic carbocycles. The van der Waals surface area contributed by atoms with Gasteiger partial charge in [-0.15, -0.1) is 0 Å². The molecule has 1 amide bonds. The van der Waals surface area contributed by atoms with Crippen LogP contribution >= 0.6 is 11.6 Å². The van der Waals surface area contributed by atoms with Gasteiger partial charge in [-0.3, -0.25) is 9.69 Å². The number of amides is 1. The average Bonchev–Trinajstić information content (AvgIpc) is 2.57. The second-order valence-corrected chi connectivity index (χ2v) is 5.95. The van der Waals surface area contributed by atoms with Crippen LogP contribution in [0, 0.1) is 0 Å². The lowest BCUT2D eigenvalue weighted by Gasteiger charge is -2.38. The molecule has 2 aromatic rings. The first-order chi connectivity index (χ1) is 11.2. The highest BCUT2D eigenvalue weighted by molar-refractivity contribution is 6.32. The van der Waals surface area contributed by atoms with Crippen LogP contribution in [-0.2, 0) is 4.79 Å². The quantitative estimate of drug-likeness (QED) is 0.932. The maximum Gasteiger partial charge on any atom is 0.239 e. The van der Waals surface area contributed by atoms with Crippen LogP contribution < -0.4 is 10.6 Å². The van der Waals surface area contributed by atoms with Crippen LogP contribution in [0.4, 0.5) is 5.82 Å². The van der Waals surface area contributed by atoms with Crippen molar-refractivity contribution in [2.75, 3.05) is 31.1 Å². The van der Waals surface area contributed by atoms with Crippen molar-refractivity contribution in [1.82, 2.24) is 9.88 Å². The van der Waals surface area contributed by atoms with Crippen molar-refractivity contribution in [3.8, 4) is 0 Å². The maximum absolute atomic E-state index is 11.9. The molecule has 1 fully saturated rings. The first kappa shape index (κ1) is 15.8. The van der Waals surface area contributed by atoms with Crippen molar-refractivity contribution in [3.05, 3.63) is 59.2 Å². The van der Waals surface area contributed by atoms with E-state index in [0.717, 1.165) is 37.6 Å². The van der Waals surface area contributed by atoms with Crippen molar-refractivity contribution < 1.29 is 4.79 Å². The van der Waals surface area contributed by atoms with Gasteiger partial charge in [-0.2, -0.15) is 0 Å². The molecule has 5 nitrogen and oxygen atoms in total. The summed E-state index contributed by atoms with van der Waals surface area (Å²) in [5.74, 6) is 0.477. The molecule has 6 heteroatoms. The first-order valence-electron chi connectivity index (χ1n) is 7.60. The summed E-state index contributed by atoms with van der Waals surface area (Å²) in [6.07, 6.45) is 1.74. The predicted octanol–water partition coefficient (Wildman–Crippen LogP) is 2.08. The second kappa shape index (κ2) is 6.98. The molecule has 120 valence electrons. The molecule has 1 saturated heterocycles.